The van der Waals surface area contributed by atoms with Crippen LogP contribution in [-0.4, -0.2) is 40.0 Å². The van der Waals surface area contributed by atoms with Crippen LogP contribution in [0, 0.1) is 12.8 Å². The molecular formula is C19H27N3O2. The average Bonchev–Trinajstić information content (AvgIpc) is 2.98. The number of likely N-dealkylation sites (tertiary alicyclic amines) is 1. The number of nitrogens with zero attached hydrogens (tertiary/aromatic N) is 3. The number of aryl methyl sites for hydroxylation is 2. The molecule has 2 aliphatic rings. The Hall–Kier alpha value is -1.59. The van der Waals surface area contributed by atoms with Crippen LogP contribution in [0.5, 0.6) is 0 Å². The highest BCUT2D eigenvalue weighted by molar-refractivity contribution is 5.10. The van der Waals surface area contributed by atoms with Crippen LogP contribution in [0.4, 0.5) is 0 Å². The van der Waals surface area contributed by atoms with Gasteiger partial charge in [-0.25, -0.2) is 0 Å². The van der Waals surface area contributed by atoms with Crippen LogP contribution in [0.2, 0.25) is 0 Å². The van der Waals surface area contributed by atoms with E-state index in [1.807, 2.05) is 30.9 Å². The van der Waals surface area contributed by atoms with Gasteiger partial charge in [0.15, 0.2) is 0 Å². The van der Waals surface area contributed by atoms with Crippen LogP contribution < -0.4 is 0 Å². The van der Waals surface area contributed by atoms with Gasteiger partial charge in [0.1, 0.15) is 11.5 Å². The lowest BCUT2D eigenvalue weighted by Gasteiger charge is -2.27. The summed E-state index contributed by atoms with van der Waals surface area (Å²) in [5.74, 6) is 2.84. The first-order valence-electron chi connectivity index (χ1n) is 9.06. The Morgan fingerprint density at radius 1 is 1.29 bits per heavy atom. The van der Waals surface area contributed by atoms with E-state index in [4.69, 9.17) is 9.15 Å². The van der Waals surface area contributed by atoms with Crippen LogP contribution in [0.1, 0.15) is 36.3 Å². The van der Waals surface area contributed by atoms with Gasteiger partial charge in [0.2, 0.25) is 0 Å². The topological polar surface area (TPSA) is 43.4 Å². The predicted molar refractivity (Wildman–Crippen MR) is 91.6 cm³/mol. The molecule has 5 nitrogen and oxygen atoms in total. The summed E-state index contributed by atoms with van der Waals surface area (Å²) in [7, 11) is 1.97. The van der Waals surface area contributed by atoms with Crippen molar-refractivity contribution in [1.82, 2.24) is 14.7 Å². The monoisotopic (exact) mass is 329 g/mol. The summed E-state index contributed by atoms with van der Waals surface area (Å²) in [6.45, 7) is 4.87. The molecule has 2 fully saturated rings. The van der Waals surface area contributed by atoms with Gasteiger partial charge in [-0.3, -0.25) is 9.58 Å². The standard InChI is InChI=1S/C19H27N3O2/c1-14-3-6-17(24-14)12-22-8-7-19(23-13-15-4-5-15)18(22)9-16-10-20-21(2)11-16/h3,6,10-11,15,18-19H,4-5,7-9,12-13H2,1-2H3/t18-,19-/m0/s1. The summed E-state index contributed by atoms with van der Waals surface area (Å²) >= 11 is 0. The van der Waals surface area contributed by atoms with Crippen molar-refractivity contribution in [2.45, 2.75) is 51.3 Å². The molecule has 1 saturated heterocycles. The highest BCUT2D eigenvalue weighted by Crippen LogP contribution is 2.32. The van der Waals surface area contributed by atoms with Crippen LogP contribution in [0.25, 0.3) is 0 Å². The van der Waals surface area contributed by atoms with E-state index in [9.17, 15) is 0 Å². The highest BCUT2D eigenvalue weighted by atomic mass is 16.5. The quantitative estimate of drug-likeness (QED) is 0.783. The maximum absolute atomic E-state index is 6.29. The van der Waals surface area contributed by atoms with Crippen molar-refractivity contribution in [3.05, 3.63) is 41.6 Å². The SMILES string of the molecule is Cc1ccc(CN2CC[C@H](OCC3CC3)[C@@H]2Cc2cnn(C)c2)o1. The van der Waals surface area contributed by atoms with E-state index in [0.717, 1.165) is 50.0 Å². The third kappa shape index (κ3) is 3.73. The van der Waals surface area contributed by atoms with Gasteiger partial charge in [0.05, 0.1) is 18.8 Å². The zero-order valence-electron chi connectivity index (χ0n) is 14.6. The summed E-state index contributed by atoms with van der Waals surface area (Å²) in [5.41, 5.74) is 1.28. The Labute approximate surface area is 143 Å². The second-order valence-corrected chi connectivity index (χ2v) is 7.38. The van der Waals surface area contributed by atoms with Crippen molar-refractivity contribution in [3.63, 3.8) is 0 Å². The van der Waals surface area contributed by atoms with Gasteiger partial charge in [-0.2, -0.15) is 5.10 Å². The Balaban J connectivity index is 1.45. The fraction of sp³-hybridized carbons (Fsp3) is 0.632. The number of hydrogen-bond donors (Lipinski definition) is 0. The fourth-order valence-corrected chi connectivity index (χ4v) is 3.67. The van der Waals surface area contributed by atoms with Crippen molar-refractivity contribution >= 4 is 0 Å². The summed E-state index contributed by atoms with van der Waals surface area (Å²) in [6.07, 6.45) is 9.20. The Morgan fingerprint density at radius 3 is 2.83 bits per heavy atom. The first-order valence-corrected chi connectivity index (χ1v) is 9.06. The van der Waals surface area contributed by atoms with Crippen molar-refractivity contribution in [1.29, 1.82) is 0 Å². The molecule has 0 aromatic carbocycles. The molecule has 1 aliphatic heterocycles. The molecule has 5 heteroatoms. The Morgan fingerprint density at radius 2 is 2.17 bits per heavy atom. The molecular weight excluding hydrogens is 302 g/mol. The highest BCUT2D eigenvalue weighted by Gasteiger charge is 2.36. The van der Waals surface area contributed by atoms with Gasteiger partial charge in [-0.05, 0) is 56.2 Å². The summed E-state index contributed by atoms with van der Waals surface area (Å²) in [5, 5.41) is 4.32. The van der Waals surface area contributed by atoms with Crippen LogP contribution in [0.15, 0.2) is 28.9 Å². The number of aromatic nitrogens is 2. The third-order valence-electron chi connectivity index (χ3n) is 5.20. The molecule has 0 unspecified atom stereocenters. The van der Waals surface area contributed by atoms with Crippen LogP contribution in [-0.2, 0) is 24.8 Å². The van der Waals surface area contributed by atoms with E-state index in [-0.39, 0.29) is 0 Å². The smallest absolute Gasteiger partial charge is 0.118 e. The lowest BCUT2D eigenvalue weighted by Crippen LogP contribution is -2.38. The van der Waals surface area contributed by atoms with E-state index in [0.29, 0.717) is 12.1 Å². The second-order valence-electron chi connectivity index (χ2n) is 7.38. The van der Waals surface area contributed by atoms with Crippen molar-refractivity contribution < 1.29 is 9.15 Å². The lowest BCUT2D eigenvalue weighted by molar-refractivity contribution is 0.0187. The molecule has 4 rings (SSSR count). The number of furan rings is 1. The van der Waals surface area contributed by atoms with Gasteiger partial charge in [0, 0.05) is 32.4 Å². The molecule has 1 saturated carbocycles. The van der Waals surface area contributed by atoms with Gasteiger partial charge in [-0.1, -0.05) is 0 Å². The van der Waals surface area contributed by atoms with Crippen LogP contribution >= 0.6 is 0 Å². The van der Waals surface area contributed by atoms with E-state index in [1.54, 1.807) is 0 Å². The van der Waals surface area contributed by atoms with E-state index >= 15 is 0 Å². The first kappa shape index (κ1) is 15.9. The number of ether oxygens (including phenoxy) is 1. The summed E-state index contributed by atoms with van der Waals surface area (Å²) in [4.78, 5) is 2.52. The minimum absolute atomic E-state index is 0.321. The van der Waals surface area contributed by atoms with Gasteiger partial charge >= 0.3 is 0 Å². The Bertz CT molecular complexity index is 674. The molecule has 0 radical (unpaired) electrons. The van der Waals surface area contributed by atoms with Crippen molar-refractivity contribution in [3.8, 4) is 0 Å². The summed E-state index contributed by atoms with van der Waals surface area (Å²) in [6, 6.07) is 4.54. The molecule has 130 valence electrons. The molecule has 3 heterocycles. The predicted octanol–water partition coefficient (Wildman–Crippen LogP) is 2.93. The molecule has 0 bridgehead atoms. The molecule has 2 aromatic rings. The molecule has 2 atom stereocenters. The second kappa shape index (κ2) is 6.73. The molecule has 1 aliphatic carbocycles. The molecule has 0 spiro atoms. The molecule has 2 aromatic heterocycles. The van der Waals surface area contributed by atoms with E-state index in [2.05, 4.69) is 22.3 Å². The van der Waals surface area contributed by atoms with Gasteiger partial charge in [-0.15, -0.1) is 0 Å². The first-order chi connectivity index (χ1) is 11.7. The normalized spacial score (nSPS) is 24.8. The minimum Gasteiger partial charge on any atom is -0.465 e. The maximum Gasteiger partial charge on any atom is 0.118 e. The van der Waals surface area contributed by atoms with Crippen LogP contribution in [0.3, 0.4) is 0 Å². The molecule has 0 N–H and O–H groups in total. The maximum atomic E-state index is 6.29. The zero-order valence-corrected chi connectivity index (χ0v) is 14.6. The van der Waals surface area contributed by atoms with Gasteiger partial charge < -0.3 is 9.15 Å². The minimum atomic E-state index is 0.321. The third-order valence-corrected chi connectivity index (χ3v) is 5.20. The van der Waals surface area contributed by atoms with E-state index < -0.39 is 0 Å². The average molecular weight is 329 g/mol. The van der Waals surface area contributed by atoms with Crippen molar-refractivity contribution in [2.75, 3.05) is 13.2 Å². The van der Waals surface area contributed by atoms with Crippen molar-refractivity contribution in [2.24, 2.45) is 13.0 Å². The Kier molecular flexibility index (Phi) is 4.46. The molecule has 24 heavy (non-hydrogen) atoms. The number of rotatable bonds is 7. The zero-order chi connectivity index (χ0) is 16.5. The molecule has 0 amide bonds. The van der Waals surface area contributed by atoms with E-state index in [1.165, 1.54) is 18.4 Å². The number of hydrogen-bond acceptors (Lipinski definition) is 4. The van der Waals surface area contributed by atoms with Gasteiger partial charge in [0.25, 0.3) is 0 Å². The fourth-order valence-electron chi connectivity index (χ4n) is 3.67. The summed E-state index contributed by atoms with van der Waals surface area (Å²) < 4.78 is 14.0. The lowest BCUT2D eigenvalue weighted by atomic mass is 10.0. The largest absolute Gasteiger partial charge is 0.465 e.